The van der Waals surface area contributed by atoms with Gasteiger partial charge >= 0.3 is 0 Å². The number of carbonyl (C=O) groups excluding carboxylic acids is 1. The molecular weight excluding hydrogens is 458 g/mol. The van der Waals surface area contributed by atoms with Gasteiger partial charge in [-0.15, -0.1) is 0 Å². The number of aromatic nitrogens is 1. The van der Waals surface area contributed by atoms with Crippen molar-refractivity contribution in [3.8, 4) is 5.75 Å². The van der Waals surface area contributed by atoms with Crippen molar-refractivity contribution in [2.45, 2.75) is 24.7 Å². The average Bonchev–Trinajstić information content (AvgIpc) is 3.23. The molecule has 0 bridgehead atoms. The number of ether oxygens (including phenoxy) is 1. The topological polar surface area (TPSA) is 88.6 Å². The highest BCUT2D eigenvalue weighted by Gasteiger charge is 2.33. The second-order valence-corrected chi connectivity index (χ2v) is 10.5. The monoisotopic (exact) mass is 479 g/mol. The average molecular weight is 480 g/mol. The number of nitrogens with zero attached hydrogens (tertiary/aromatic N) is 2. The molecule has 2 heterocycles. The Morgan fingerprint density at radius 2 is 2.16 bits per heavy atom. The SMILES string of the molecule is CCOc1ccc(S(=O)(=O)N2CCC[C@@H](C(=O)Nc3ccc4sncc4c3)C2)cc1Cl. The zero-order chi connectivity index (χ0) is 22.0. The highest BCUT2D eigenvalue weighted by molar-refractivity contribution is 7.89. The van der Waals surface area contributed by atoms with E-state index in [0.717, 1.165) is 10.1 Å². The summed E-state index contributed by atoms with van der Waals surface area (Å²) in [6, 6.07) is 10.1. The number of fused-ring (bicyclic) bond motifs is 1. The van der Waals surface area contributed by atoms with Crippen LogP contribution in [0.3, 0.4) is 0 Å². The van der Waals surface area contributed by atoms with Crippen LogP contribution in [0.25, 0.3) is 10.1 Å². The van der Waals surface area contributed by atoms with E-state index in [1.165, 1.54) is 28.0 Å². The van der Waals surface area contributed by atoms with Crippen LogP contribution in [0, 0.1) is 5.92 Å². The molecular formula is C21H22ClN3O4S2. The maximum atomic E-state index is 13.1. The molecule has 1 atom stereocenters. The van der Waals surface area contributed by atoms with Gasteiger partial charge in [-0.1, -0.05) is 11.6 Å². The first kappa shape index (κ1) is 22.0. The predicted molar refractivity (Wildman–Crippen MR) is 122 cm³/mol. The Balaban J connectivity index is 1.48. The summed E-state index contributed by atoms with van der Waals surface area (Å²) in [6.07, 6.45) is 2.99. The van der Waals surface area contributed by atoms with Gasteiger partial charge in [-0.3, -0.25) is 4.79 Å². The fourth-order valence-corrected chi connectivity index (χ4v) is 6.11. The largest absolute Gasteiger partial charge is 0.492 e. The molecule has 7 nitrogen and oxygen atoms in total. The Hall–Kier alpha value is -2.20. The van der Waals surface area contributed by atoms with Crippen molar-refractivity contribution in [1.82, 2.24) is 8.68 Å². The maximum Gasteiger partial charge on any atom is 0.243 e. The van der Waals surface area contributed by atoms with Gasteiger partial charge < -0.3 is 10.1 Å². The van der Waals surface area contributed by atoms with E-state index < -0.39 is 15.9 Å². The van der Waals surface area contributed by atoms with E-state index in [4.69, 9.17) is 16.3 Å². The van der Waals surface area contributed by atoms with Crippen molar-refractivity contribution in [1.29, 1.82) is 0 Å². The zero-order valence-corrected chi connectivity index (χ0v) is 19.3. The van der Waals surface area contributed by atoms with Crippen LogP contribution in [-0.2, 0) is 14.8 Å². The second kappa shape index (κ2) is 9.12. The van der Waals surface area contributed by atoms with Crippen molar-refractivity contribution >= 4 is 54.8 Å². The fourth-order valence-electron chi connectivity index (χ4n) is 3.63. The number of carbonyl (C=O) groups is 1. The van der Waals surface area contributed by atoms with Gasteiger partial charge in [0.2, 0.25) is 15.9 Å². The lowest BCUT2D eigenvalue weighted by Gasteiger charge is -2.31. The van der Waals surface area contributed by atoms with E-state index in [9.17, 15) is 13.2 Å². The Bertz CT molecular complexity index is 1210. The normalized spacial score (nSPS) is 17.5. The first-order chi connectivity index (χ1) is 14.9. The molecule has 4 rings (SSSR count). The lowest BCUT2D eigenvalue weighted by atomic mass is 9.98. The molecule has 0 spiro atoms. The number of piperidine rings is 1. The summed E-state index contributed by atoms with van der Waals surface area (Å²) < 4.78 is 38.2. The van der Waals surface area contributed by atoms with Crippen LogP contribution < -0.4 is 10.1 Å². The minimum absolute atomic E-state index is 0.0948. The molecule has 31 heavy (non-hydrogen) atoms. The van der Waals surface area contributed by atoms with Crippen molar-refractivity contribution in [2.24, 2.45) is 5.92 Å². The van der Waals surface area contributed by atoms with Gasteiger partial charge in [-0.25, -0.2) is 8.42 Å². The number of sulfonamides is 1. The van der Waals surface area contributed by atoms with E-state index in [0.29, 0.717) is 37.4 Å². The molecule has 10 heteroatoms. The van der Waals surface area contributed by atoms with Crippen LogP contribution >= 0.6 is 23.1 Å². The van der Waals surface area contributed by atoms with E-state index in [-0.39, 0.29) is 22.4 Å². The van der Waals surface area contributed by atoms with Crippen LogP contribution in [0.4, 0.5) is 5.69 Å². The minimum atomic E-state index is -3.77. The van der Waals surface area contributed by atoms with Crippen LogP contribution in [-0.4, -0.2) is 42.7 Å². The predicted octanol–water partition coefficient (Wildman–Crippen LogP) is 4.39. The van der Waals surface area contributed by atoms with Gasteiger partial charge in [-0.05, 0) is 67.7 Å². The highest BCUT2D eigenvalue weighted by atomic mass is 35.5. The maximum absolute atomic E-state index is 13.1. The van der Waals surface area contributed by atoms with Gasteiger partial charge in [-0.2, -0.15) is 8.68 Å². The third-order valence-corrected chi connectivity index (χ3v) is 8.15. The van der Waals surface area contributed by atoms with Crippen molar-refractivity contribution in [2.75, 3.05) is 25.0 Å². The molecule has 1 aliphatic heterocycles. The summed E-state index contributed by atoms with van der Waals surface area (Å²) in [5.41, 5.74) is 0.677. The van der Waals surface area contributed by atoms with E-state index in [1.807, 2.05) is 25.1 Å². The van der Waals surface area contributed by atoms with E-state index in [2.05, 4.69) is 9.69 Å². The zero-order valence-electron chi connectivity index (χ0n) is 16.9. The summed E-state index contributed by atoms with van der Waals surface area (Å²) in [4.78, 5) is 12.9. The first-order valence-corrected chi connectivity index (χ1v) is 12.6. The Labute approximate surface area is 190 Å². The Morgan fingerprint density at radius 3 is 2.94 bits per heavy atom. The van der Waals surface area contributed by atoms with Gasteiger partial charge in [0.05, 0.1) is 27.1 Å². The number of hydrogen-bond acceptors (Lipinski definition) is 6. The van der Waals surface area contributed by atoms with Gasteiger partial charge in [0, 0.05) is 30.4 Å². The number of amides is 1. The second-order valence-electron chi connectivity index (χ2n) is 7.30. The number of benzene rings is 2. The molecule has 1 N–H and O–H groups in total. The van der Waals surface area contributed by atoms with E-state index >= 15 is 0 Å². The molecule has 0 saturated carbocycles. The molecule has 3 aromatic rings. The highest BCUT2D eigenvalue weighted by Crippen LogP contribution is 2.31. The van der Waals surface area contributed by atoms with Crippen molar-refractivity contribution in [3.63, 3.8) is 0 Å². The van der Waals surface area contributed by atoms with Crippen molar-refractivity contribution in [3.05, 3.63) is 47.6 Å². The molecule has 0 unspecified atom stereocenters. The summed E-state index contributed by atoms with van der Waals surface area (Å²) in [7, 11) is -3.77. The molecule has 0 aliphatic carbocycles. The summed E-state index contributed by atoms with van der Waals surface area (Å²) in [5, 5.41) is 4.12. The molecule has 0 radical (unpaired) electrons. The molecule has 1 aromatic heterocycles. The van der Waals surface area contributed by atoms with Crippen LogP contribution in [0.5, 0.6) is 5.75 Å². The lowest BCUT2D eigenvalue weighted by molar-refractivity contribution is -0.120. The molecule has 1 saturated heterocycles. The first-order valence-electron chi connectivity index (χ1n) is 9.96. The number of rotatable bonds is 6. The quantitative estimate of drug-likeness (QED) is 0.566. The third kappa shape index (κ3) is 4.69. The molecule has 2 aromatic carbocycles. The smallest absolute Gasteiger partial charge is 0.243 e. The van der Waals surface area contributed by atoms with Crippen LogP contribution in [0.2, 0.25) is 5.02 Å². The Morgan fingerprint density at radius 1 is 1.32 bits per heavy atom. The minimum Gasteiger partial charge on any atom is -0.492 e. The number of hydrogen-bond donors (Lipinski definition) is 1. The van der Waals surface area contributed by atoms with Gasteiger partial charge in [0.1, 0.15) is 5.75 Å². The number of anilines is 1. The van der Waals surface area contributed by atoms with Gasteiger partial charge in [0.25, 0.3) is 0 Å². The lowest BCUT2D eigenvalue weighted by Crippen LogP contribution is -2.43. The van der Waals surface area contributed by atoms with E-state index in [1.54, 1.807) is 12.3 Å². The standard InChI is InChI=1S/C21H22ClN3O4S2/c1-2-29-19-7-6-17(11-18(19)22)31(27,28)25-9-3-4-14(13-25)21(26)24-16-5-8-20-15(10-16)12-23-30-20/h5-8,10-12,14H,2-4,9,13H2,1H3,(H,24,26)/t14-/m1/s1. The molecule has 1 aliphatic rings. The molecule has 164 valence electrons. The summed E-state index contributed by atoms with van der Waals surface area (Å²) >= 11 is 7.57. The molecule has 1 amide bonds. The summed E-state index contributed by atoms with van der Waals surface area (Å²) in [5.74, 6) is -0.179. The number of halogens is 1. The van der Waals surface area contributed by atoms with Crippen LogP contribution in [0.1, 0.15) is 19.8 Å². The molecule has 1 fully saturated rings. The Kier molecular flexibility index (Phi) is 6.47. The van der Waals surface area contributed by atoms with Crippen LogP contribution in [0.15, 0.2) is 47.5 Å². The van der Waals surface area contributed by atoms with Gasteiger partial charge in [0.15, 0.2) is 0 Å². The summed E-state index contributed by atoms with van der Waals surface area (Å²) in [6.45, 7) is 2.75. The van der Waals surface area contributed by atoms with Crippen molar-refractivity contribution < 1.29 is 17.9 Å². The fraction of sp³-hybridized carbons (Fsp3) is 0.333. The third-order valence-electron chi connectivity index (χ3n) is 5.22. The number of nitrogens with one attached hydrogen (secondary N) is 1.